The van der Waals surface area contributed by atoms with Crippen molar-refractivity contribution in [2.75, 3.05) is 39.3 Å². The average molecular weight is 215 g/mol. The Morgan fingerprint density at radius 3 is 2.07 bits per heavy atom. The number of amides is 1. The van der Waals surface area contributed by atoms with Crippen molar-refractivity contribution in [3.63, 3.8) is 0 Å². The lowest BCUT2D eigenvalue weighted by Crippen LogP contribution is -2.38. The van der Waals surface area contributed by atoms with Crippen LogP contribution in [0.25, 0.3) is 0 Å². The zero-order valence-electron chi connectivity index (χ0n) is 10.3. The van der Waals surface area contributed by atoms with Crippen molar-refractivity contribution in [3.8, 4) is 0 Å². The molecule has 0 atom stereocenters. The van der Waals surface area contributed by atoms with E-state index in [1.165, 1.54) is 0 Å². The zero-order chi connectivity index (χ0) is 11.7. The summed E-state index contributed by atoms with van der Waals surface area (Å²) >= 11 is 0. The van der Waals surface area contributed by atoms with Gasteiger partial charge in [0.25, 0.3) is 0 Å². The molecule has 0 aliphatic rings. The minimum Gasteiger partial charge on any atom is -0.342 e. The molecule has 0 aromatic carbocycles. The highest BCUT2D eigenvalue weighted by molar-refractivity contribution is 5.77. The molecule has 0 rings (SSSR count). The minimum atomic E-state index is 0.0528. The van der Waals surface area contributed by atoms with Gasteiger partial charge in [-0.15, -0.1) is 0 Å². The number of carbonyl (C=O) groups excluding carboxylic acids is 1. The summed E-state index contributed by atoms with van der Waals surface area (Å²) in [7, 11) is 0. The second kappa shape index (κ2) is 8.68. The number of hydrogen-bond donors (Lipinski definition) is 1. The zero-order valence-corrected chi connectivity index (χ0v) is 10.3. The summed E-state index contributed by atoms with van der Waals surface area (Å²) in [6, 6.07) is 0. The van der Waals surface area contributed by atoms with Crippen LogP contribution in [-0.4, -0.2) is 55.0 Å². The number of likely N-dealkylation sites (N-methyl/N-ethyl adjacent to an activating group) is 1. The molecule has 0 saturated carbocycles. The van der Waals surface area contributed by atoms with Gasteiger partial charge in [0.1, 0.15) is 0 Å². The van der Waals surface area contributed by atoms with Crippen molar-refractivity contribution in [1.82, 2.24) is 9.80 Å². The Hall–Kier alpha value is -0.610. The summed E-state index contributed by atoms with van der Waals surface area (Å²) in [6.07, 6.45) is 1.03. The lowest BCUT2D eigenvalue weighted by Gasteiger charge is -2.23. The van der Waals surface area contributed by atoms with E-state index in [-0.39, 0.29) is 12.5 Å². The van der Waals surface area contributed by atoms with Crippen LogP contribution in [0.3, 0.4) is 0 Å². The van der Waals surface area contributed by atoms with Crippen LogP contribution in [0.15, 0.2) is 0 Å². The van der Waals surface area contributed by atoms with Crippen molar-refractivity contribution in [2.24, 2.45) is 5.73 Å². The number of nitrogens with zero attached hydrogens (tertiary/aromatic N) is 2. The van der Waals surface area contributed by atoms with Gasteiger partial charge in [0.2, 0.25) is 5.91 Å². The fourth-order valence-electron chi connectivity index (χ4n) is 1.61. The molecule has 1 amide bonds. The van der Waals surface area contributed by atoms with Gasteiger partial charge >= 0.3 is 0 Å². The first-order chi connectivity index (χ1) is 7.19. The van der Waals surface area contributed by atoms with Gasteiger partial charge in [0, 0.05) is 13.1 Å². The maximum atomic E-state index is 11.3. The van der Waals surface area contributed by atoms with E-state index in [9.17, 15) is 4.79 Å². The molecule has 2 N–H and O–H groups in total. The molecule has 0 heterocycles. The molecule has 90 valence electrons. The smallest absolute Gasteiger partial charge is 0.236 e. The van der Waals surface area contributed by atoms with Gasteiger partial charge in [0.15, 0.2) is 0 Å². The number of hydrogen-bond acceptors (Lipinski definition) is 3. The summed E-state index contributed by atoms with van der Waals surface area (Å²) in [4.78, 5) is 15.5. The molecule has 0 aliphatic heterocycles. The Bertz CT molecular complexity index is 169. The lowest BCUT2D eigenvalue weighted by molar-refractivity contribution is -0.129. The first-order valence-corrected chi connectivity index (χ1v) is 5.89. The molecule has 0 spiro atoms. The van der Waals surface area contributed by atoms with E-state index in [1.807, 2.05) is 11.8 Å². The first kappa shape index (κ1) is 14.4. The second-order valence-electron chi connectivity index (χ2n) is 3.56. The molecular weight excluding hydrogens is 190 g/mol. The van der Waals surface area contributed by atoms with E-state index in [1.54, 1.807) is 0 Å². The summed E-state index contributed by atoms with van der Waals surface area (Å²) < 4.78 is 0. The Balaban J connectivity index is 3.76. The number of carbonyl (C=O) groups is 1. The van der Waals surface area contributed by atoms with Crippen LogP contribution in [0.4, 0.5) is 0 Å². The van der Waals surface area contributed by atoms with E-state index >= 15 is 0 Å². The maximum absolute atomic E-state index is 11.3. The highest BCUT2D eigenvalue weighted by atomic mass is 16.2. The third kappa shape index (κ3) is 5.74. The average Bonchev–Trinajstić information content (AvgIpc) is 2.28. The fraction of sp³-hybridized carbons (Fsp3) is 0.909. The number of nitrogens with two attached hydrogens (primary N) is 1. The van der Waals surface area contributed by atoms with Gasteiger partial charge in [-0.05, 0) is 33.0 Å². The Morgan fingerprint density at radius 1 is 1.07 bits per heavy atom. The highest BCUT2D eigenvalue weighted by Gasteiger charge is 2.09. The normalized spacial score (nSPS) is 10.7. The molecule has 0 fully saturated rings. The molecule has 0 aromatic rings. The predicted octanol–water partition coefficient (Wildman–Crippen LogP) is 0.526. The molecule has 0 radical (unpaired) electrons. The quantitative estimate of drug-likeness (QED) is 0.642. The van der Waals surface area contributed by atoms with Crippen LogP contribution in [0.2, 0.25) is 0 Å². The topological polar surface area (TPSA) is 49.6 Å². The van der Waals surface area contributed by atoms with E-state index in [2.05, 4.69) is 18.7 Å². The Labute approximate surface area is 93.4 Å². The SMILES string of the molecule is CCN(CC)CCCN(CC)C(=O)CN. The van der Waals surface area contributed by atoms with Gasteiger partial charge in [-0.1, -0.05) is 13.8 Å². The van der Waals surface area contributed by atoms with Gasteiger partial charge in [-0.25, -0.2) is 0 Å². The van der Waals surface area contributed by atoms with E-state index < -0.39 is 0 Å². The summed E-state index contributed by atoms with van der Waals surface area (Å²) in [5, 5.41) is 0. The van der Waals surface area contributed by atoms with Crippen LogP contribution >= 0.6 is 0 Å². The van der Waals surface area contributed by atoms with E-state index in [0.29, 0.717) is 0 Å². The fourth-order valence-corrected chi connectivity index (χ4v) is 1.61. The molecule has 0 bridgehead atoms. The lowest BCUT2D eigenvalue weighted by atomic mass is 10.3. The largest absolute Gasteiger partial charge is 0.342 e. The van der Waals surface area contributed by atoms with Crippen molar-refractivity contribution < 1.29 is 4.79 Å². The van der Waals surface area contributed by atoms with Crippen molar-refractivity contribution in [3.05, 3.63) is 0 Å². The van der Waals surface area contributed by atoms with Crippen LogP contribution in [0, 0.1) is 0 Å². The third-order valence-corrected chi connectivity index (χ3v) is 2.71. The Morgan fingerprint density at radius 2 is 1.67 bits per heavy atom. The first-order valence-electron chi connectivity index (χ1n) is 5.89. The molecule has 4 heteroatoms. The molecule has 15 heavy (non-hydrogen) atoms. The third-order valence-electron chi connectivity index (χ3n) is 2.71. The molecule has 0 aromatic heterocycles. The molecule has 0 unspecified atom stereocenters. The minimum absolute atomic E-state index is 0.0528. The van der Waals surface area contributed by atoms with E-state index in [4.69, 9.17) is 5.73 Å². The van der Waals surface area contributed by atoms with Gasteiger partial charge < -0.3 is 15.5 Å². The van der Waals surface area contributed by atoms with Gasteiger partial charge in [-0.2, -0.15) is 0 Å². The molecule has 4 nitrogen and oxygen atoms in total. The maximum Gasteiger partial charge on any atom is 0.236 e. The standard InChI is InChI=1S/C11H25N3O/c1-4-13(5-2)8-7-9-14(6-3)11(15)10-12/h4-10,12H2,1-3H3. The van der Waals surface area contributed by atoms with Crippen LogP contribution < -0.4 is 5.73 Å². The molecular formula is C11H25N3O. The van der Waals surface area contributed by atoms with Crippen LogP contribution in [-0.2, 0) is 4.79 Å². The Kier molecular flexibility index (Phi) is 8.33. The summed E-state index contributed by atoms with van der Waals surface area (Å²) in [5.74, 6) is 0.0528. The van der Waals surface area contributed by atoms with E-state index in [0.717, 1.165) is 39.1 Å². The van der Waals surface area contributed by atoms with Gasteiger partial charge in [0.05, 0.1) is 6.54 Å². The molecule has 0 saturated heterocycles. The highest BCUT2D eigenvalue weighted by Crippen LogP contribution is 1.95. The molecule has 0 aliphatic carbocycles. The van der Waals surface area contributed by atoms with Crippen LogP contribution in [0.5, 0.6) is 0 Å². The second-order valence-corrected chi connectivity index (χ2v) is 3.56. The van der Waals surface area contributed by atoms with Crippen molar-refractivity contribution >= 4 is 5.91 Å². The monoisotopic (exact) mass is 215 g/mol. The van der Waals surface area contributed by atoms with Crippen molar-refractivity contribution in [1.29, 1.82) is 0 Å². The number of rotatable bonds is 8. The predicted molar refractivity (Wildman–Crippen MR) is 63.7 cm³/mol. The van der Waals surface area contributed by atoms with Gasteiger partial charge in [-0.3, -0.25) is 4.79 Å². The van der Waals surface area contributed by atoms with Crippen LogP contribution in [0.1, 0.15) is 27.2 Å². The summed E-state index contributed by atoms with van der Waals surface area (Å²) in [6.45, 7) is 11.2. The van der Waals surface area contributed by atoms with Crippen molar-refractivity contribution in [2.45, 2.75) is 27.2 Å². The summed E-state index contributed by atoms with van der Waals surface area (Å²) in [5.41, 5.74) is 5.33.